The van der Waals surface area contributed by atoms with Gasteiger partial charge in [0.1, 0.15) is 0 Å². The van der Waals surface area contributed by atoms with E-state index in [1.807, 2.05) is 84.9 Å². The summed E-state index contributed by atoms with van der Waals surface area (Å²) >= 11 is 0. The molecule has 0 saturated heterocycles. The third-order valence-corrected chi connectivity index (χ3v) is 9.26. The van der Waals surface area contributed by atoms with Crippen molar-refractivity contribution < 1.29 is 13.2 Å². The van der Waals surface area contributed by atoms with Gasteiger partial charge in [-0.2, -0.15) is 13.2 Å². The Hall–Kier alpha value is -6.08. The maximum Gasteiger partial charge on any atom is 0.417 e. The summed E-state index contributed by atoms with van der Waals surface area (Å²) in [5.41, 5.74) is 5.46. The number of benzene rings is 6. The van der Waals surface area contributed by atoms with Gasteiger partial charge in [-0.1, -0.05) is 142 Å². The second kappa shape index (κ2) is 12.4. The van der Waals surface area contributed by atoms with Gasteiger partial charge < -0.3 is 4.57 Å². The number of fused-ring (bicyclic) bond motifs is 3. The van der Waals surface area contributed by atoms with E-state index in [9.17, 15) is 13.2 Å². The molecule has 0 aliphatic heterocycles. The van der Waals surface area contributed by atoms with Gasteiger partial charge >= 0.3 is 6.18 Å². The van der Waals surface area contributed by atoms with Crippen molar-refractivity contribution in [2.45, 2.75) is 32.4 Å². The number of nitrogens with zero attached hydrogens (tertiary/aromatic N) is 4. The third-order valence-electron chi connectivity index (χ3n) is 9.26. The Kier molecular flexibility index (Phi) is 7.79. The van der Waals surface area contributed by atoms with Crippen LogP contribution < -0.4 is 0 Å². The monoisotopic (exact) mass is 674 g/mol. The molecule has 51 heavy (non-hydrogen) atoms. The van der Waals surface area contributed by atoms with E-state index < -0.39 is 11.7 Å². The van der Waals surface area contributed by atoms with E-state index in [-0.39, 0.29) is 11.0 Å². The predicted octanol–water partition coefficient (Wildman–Crippen LogP) is 12.0. The average molecular weight is 675 g/mol. The molecule has 0 saturated carbocycles. The maximum atomic E-state index is 14.6. The molecule has 0 fully saturated rings. The van der Waals surface area contributed by atoms with Crippen molar-refractivity contribution in [1.82, 2.24) is 19.5 Å². The highest BCUT2D eigenvalue weighted by Gasteiger charge is 2.34. The molecule has 0 spiro atoms. The van der Waals surface area contributed by atoms with Crippen LogP contribution in [0, 0.1) is 0 Å². The zero-order valence-corrected chi connectivity index (χ0v) is 28.3. The van der Waals surface area contributed by atoms with E-state index in [1.165, 1.54) is 6.07 Å². The molecule has 2 aromatic heterocycles. The molecule has 0 unspecified atom stereocenters. The average Bonchev–Trinajstić information content (AvgIpc) is 3.48. The molecular weight excluding hydrogens is 642 g/mol. The van der Waals surface area contributed by atoms with Gasteiger partial charge in [-0.15, -0.1) is 0 Å². The third kappa shape index (κ3) is 5.95. The highest BCUT2D eigenvalue weighted by Crippen LogP contribution is 2.43. The second-order valence-electron chi connectivity index (χ2n) is 13.6. The summed E-state index contributed by atoms with van der Waals surface area (Å²) in [4.78, 5) is 14.7. The largest absolute Gasteiger partial charge is 0.417 e. The molecule has 4 nitrogen and oxygen atoms in total. The van der Waals surface area contributed by atoms with Crippen LogP contribution >= 0.6 is 0 Å². The molecule has 0 aliphatic rings. The molecular formula is C44H33F3N4. The minimum absolute atomic E-state index is 0.0926. The van der Waals surface area contributed by atoms with Crippen LogP contribution in [0.3, 0.4) is 0 Å². The summed E-state index contributed by atoms with van der Waals surface area (Å²) in [5, 5.41) is 2.02. The number of alkyl halides is 3. The zero-order valence-electron chi connectivity index (χ0n) is 28.3. The fraction of sp³-hybridized carbons (Fsp3) is 0.114. The Morgan fingerprint density at radius 1 is 0.471 bits per heavy atom. The normalized spacial score (nSPS) is 12.1. The van der Waals surface area contributed by atoms with Gasteiger partial charge in [-0.3, -0.25) is 0 Å². The summed E-state index contributed by atoms with van der Waals surface area (Å²) in [7, 11) is 0. The number of hydrogen-bond acceptors (Lipinski definition) is 3. The minimum Gasteiger partial charge on any atom is -0.309 e. The van der Waals surface area contributed by atoms with Crippen molar-refractivity contribution in [2.75, 3.05) is 0 Å². The Bertz CT molecular complexity index is 2490. The number of halogens is 3. The van der Waals surface area contributed by atoms with Crippen LogP contribution in [-0.4, -0.2) is 19.5 Å². The van der Waals surface area contributed by atoms with E-state index in [2.05, 4.69) is 49.6 Å². The molecule has 0 atom stereocenters. The molecule has 8 aromatic rings. The van der Waals surface area contributed by atoms with E-state index in [0.717, 1.165) is 44.6 Å². The van der Waals surface area contributed by atoms with Crippen molar-refractivity contribution in [2.24, 2.45) is 0 Å². The molecule has 2 heterocycles. The summed E-state index contributed by atoms with van der Waals surface area (Å²) in [6, 6.07) is 45.0. The summed E-state index contributed by atoms with van der Waals surface area (Å²) in [6.45, 7) is 6.46. The standard InChI is InChI=1S/C44H33F3N4/c1-43(2,3)31-23-25-35-33-19-11-13-21-37(33)51(39(35)27-31)38-26-30(22-24-34(38)32-18-10-12-20-36(32)44(45,46)47)42-49-40(28-14-6-4-7-15-28)48-41(50-42)29-16-8-5-9-17-29/h4-27H,1-3H3. The molecule has 0 bridgehead atoms. The first kappa shape index (κ1) is 32.1. The van der Waals surface area contributed by atoms with E-state index in [1.54, 1.807) is 24.3 Å². The lowest BCUT2D eigenvalue weighted by Gasteiger charge is -2.21. The quantitative estimate of drug-likeness (QED) is 0.182. The smallest absolute Gasteiger partial charge is 0.309 e. The first-order valence-corrected chi connectivity index (χ1v) is 16.8. The van der Waals surface area contributed by atoms with Crippen molar-refractivity contribution in [1.29, 1.82) is 0 Å². The SMILES string of the molecule is CC(C)(C)c1ccc2c3ccccc3n(-c3cc(-c4nc(-c5ccccc5)nc(-c5ccccc5)n4)ccc3-c3ccccc3C(F)(F)F)c2c1. The van der Waals surface area contributed by atoms with Crippen molar-refractivity contribution in [3.8, 4) is 51.0 Å². The summed E-state index contributed by atoms with van der Waals surface area (Å²) < 4.78 is 45.9. The molecule has 0 radical (unpaired) electrons. The number of rotatable bonds is 5. The number of hydrogen-bond donors (Lipinski definition) is 0. The zero-order chi connectivity index (χ0) is 35.3. The van der Waals surface area contributed by atoms with Crippen LogP contribution in [0.4, 0.5) is 13.2 Å². The highest BCUT2D eigenvalue weighted by atomic mass is 19.4. The van der Waals surface area contributed by atoms with Crippen LogP contribution in [0.25, 0.3) is 72.8 Å². The van der Waals surface area contributed by atoms with Crippen molar-refractivity contribution in [3.05, 3.63) is 157 Å². The molecule has 8 rings (SSSR count). The Morgan fingerprint density at radius 2 is 1.02 bits per heavy atom. The van der Waals surface area contributed by atoms with Crippen LogP contribution in [0.2, 0.25) is 0 Å². The lowest BCUT2D eigenvalue weighted by atomic mass is 9.86. The lowest BCUT2D eigenvalue weighted by molar-refractivity contribution is -0.137. The van der Waals surface area contributed by atoms with Crippen LogP contribution in [-0.2, 0) is 11.6 Å². The van der Waals surface area contributed by atoms with Gasteiger partial charge in [0.25, 0.3) is 0 Å². The van der Waals surface area contributed by atoms with Crippen LogP contribution in [0.1, 0.15) is 31.9 Å². The van der Waals surface area contributed by atoms with E-state index in [0.29, 0.717) is 34.3 Å². The topological polar surface area (TPSA) is 43.6 Å². The van der Waals surface area contributed by atoms with Gasteiger partial charge in [0.05, 0.1) is 22.3 Å². The number of para-hydroxylation sites is 1. The summed E-state index contributed by atoms with van der Waals surface area (Å²) in [6.07, 6.45) is -4.56. The fourth-order valence-corrected chi connectivity index (χ4v) is 6.68. The lowest BCUT2D eigenvalue weighted by Crippen LogP contribution is -2.11. The summed E-state index contributed by atoms with van der Waals surface area (Å²) in [5.74, 6) is 1.41. The molecule has 6 aromatic carbocycles. The Labute approximate surface area is 293 Å². The van der Waals surface area contributed by atoms with Crippen molar-refractivity contribution >= 4 is 21.8 Å². The molecule has 0 aliphatic carbocycles. The maximum absolute atomic E-state index is 14.6. The Balaban J connectivity index is 1.46. The minimum atomic E-state index is -4.56. The second-order valence-corrected chi connectivity index (χ2v) is 13.6. The van der Waals surface area contributed by atoms with Crippen molar-refractivity contribution in [3.63, 3.8) is 0 Å². The van der Waals surface area contributed by atoms with Gasteiger partial charge in [0, 0.05) is 33.0 Å². The van der Waals surface area contributed by atoms with Gasteiger partial charge in [-0.05, 0) is 40.8 Å². The molecule has 7 heteroatoms. The first-order chi connectivity index (χ1) is 24.6. The number of aromatic nitrogens is 4. The molecule has 0 amide bonds. The van der Waals surface area contributed by atoms with Gasteiger partial charge in [0.2, 0.25) is 0 Å². The van der Waals surface area contributed by atoms with Gasteiger partial charge in [0.15, 0.2) is 17.5 Å². The highest BCUT2D eigenvalue weighted by molar-refractivity contribution is 6.10. The first-order valence-electron chi connectivity index (χ1n) is 16.8. The van der Waals surface area contributed by atoms with Gasteiger partial charge in [-0.25, -0.2) is 15.0 Å². The van der Waals surface area contributed by atoms with E-state index in [4.69, 9.17) is 15.0 Å². The van der Waals surface area contributed by atoms with Crippen LogP contribution in [0.15, 0.2) is 146 Å². The fourth-order valence-electron chi connectivity index (χ4n) is 6.68. The molecule has 250 valence electrons. The van der Waals surface area contributed by atoms with Crippen LogP contribution in [0.5, 0.6) is 0 Å². The predicted molar refractivity (Wildman–Crippen MR) is 200 cm³/mol. The van der Waals surface area contributed by atoms with E-state index >= 15 is 0 Å². The molecule has 0 N–H and O–H groups in total. The Morgan fingerprint density at radius 3 is 1.65 bits per heavy atom.